The summed E-state index contributed by atoms with van der Waals surface area (Å²) in [7, 11) is 0. The summed E-state index contributed by atoms with van der Waals surface area (Å²) in [4.78, 5) is 47.8. The Hall–Kier alpha value is -5.76. The van der Waals surface area contributed by atoms with Gasteiger partial charge in [-0.3, -0.25) is 0 Å². The Labute approximate surface area is 235 Å². The van der Waals surface area contributed by atoms with Gasteiger partial charge in [-0.25, -0.2) is 19.2 Å². The maximum absolute atomic E-state index is 12.1. The third-order valence-electron chi connectivity index (χ3n) is 6.09. The van der Waals surface area contributed by atoms with E-state index in [1.165, 1.54) is 6.07 Å². The van der Waals surface area contributed by atoms with Gasteiger partial charge >= 0.3 is 23.9 Å². The Morgan fingerprint density at radius 3 is 1.44 bits per heavy atom. The number of ether oxygens (including phenoxy) is 4. The number of aryl methyl sites for hydroxylation is 1. The third-order valence-corrected chi connectivity index (χ3v) is 6.09. The summed E-state index contributed by atoms with van der Waals surface area (Å²) in [5.74, 6) is -2.11. The molecule has 0 unspecified atom stereocenters. The molecule has 0 amide bonds. The molecule has 0 atom stereocenters. The molecule has 8 nitrogen and oxygen atoms in total. The van der Waals surface area contributed by atoms with E-state index in [0.29, 0.717) is 17.1 Å². The fourth-order valence-electron chi connectivity index (χ4n) is 4.27. The van der Waals surface area contributed by atoms with Gasteiger partial charge in [0.2, 0.25) is 0 Å². The first-order valence-corrected chi connectivity index (χ1v) is 12.2. The van der Waals surface area contributed by atoms with E-state index in [0.717, 1.165) is 57.0 Å². The monoisotopic (exact) mass is 548 g/mol. The van der Waals surface area contributed by atoms with Gasteiger partial charge in [0.15, 0.2) is 11.5 Å². The second-order valence-corrected chi connectivity index (χ2v) is 8.58. The molecule has 0 saturated carbocycles. The molecule has 0 N–H and O–H groups in total. The Morgan fingerprint density at radius 2 is 0.976 bits per heavy atom. The molecule has 4 rings (SSSR count). The van der Waals surface area contributed by atoms with E-state index >= 15 is 0 Å². The lowest BCUT2D eigenvalue weighted by Gasteiger charge is -2.18. The molecule has 0 aromatic heterocycles. The molecular formula is C33H24O8. The van der Waals surface area contributed by atoms with Crippen molar-refractivity contribution in [3.8, 4) is 34.1 Å². The Morgan fingerprint density at radius 1 is 0.537 bits per heavy atom. The summed E-state index contributed by atoms with van der Waals surface area (Å²) in [6, 6.07) is 15.1. The first-order valence-electron chi connectivity index (χ1n) is 12.2. The highest BCUT2D eigenvalue weighted by Gasteiger charge is 2.19. The molecule has 41 heavy (non-hydrogen) atoms. The van der Waals surface area contributed by atoms with Gasteiger partial charge in [0, 0.05) is 24.3 Å². The minimum Gasteiger partial charge on any atom is -0.423 e. The van der Waals surface area contributed by atoms with Crippen molar-refractivity contribution in [3.63, 3.8) is 0 Å². The van der Waals surface area contributed by atoms with Crippen LogP contribution in [0.15, 0.2) is 105 Å². The van der Waals surface area contributed by atoms with Crippen molar-refractivity contribution in [3.05, 3.63) is 111 Å². The standard InChI is InChI=1S/C33H24O8/c1-6-29(34)38-21-11-13-23-25(17-21)19(5)26-18-22(39-30(35)7-2)12-14-24(26)33(23)20-10-15-27(40-31(36)8-3)28(16-20)41-32(37)9-4/h6-18H,1-4H2,5H3. The van der Waals surface area contributed by atoms with Gasteiger partial charge in [-0.2, -0.15) is 0 Å². The summed E-state index contributed by atoms with van der Waals surface area (Å²) in [5.41, 5.74) is 2.15. The highest BCUT2D eigenvalue weighted by molar-refractivity contribution is 6.15. The van der Waals surface area contributed by atoms with E-state index in [9.17, 15) is 19.2 Å². The SMILES string of the molecule is C=CC(=O)Oc1ccc2c(-c3ccc(OC(=O)C=C)c(OC(=O)C=C)c3)c3ccc(OC(=O)C=C)cc3c(C)c2c1. The van der Waals surface area contributed by atoms with Crippen LogP contribution in [-0.4, -0.2) is 23.9 Å². The van der Waals surface area contributed by atoms with E-state index in [4.69, 9.17) is 18.9 Å². The van der Waals surface area contributed by atoms with Gasteiger partial charge in [0.1, 0.15) is 11.5 Å². The van der Waals surface area contributed by atoms with Gasteiger partial charge in [0.05, 0.1) is 0 Å². The number of hydrogen-bond acceptors (Lipinski definition) is 8. The first kappa shape index (κ1) is 28.3. The van der Waals surface area contributed by atoms with Gasteiger partial charge in [-0.15, -0.1) is 0 Å². The van der Waals surface area contributed by atoms with Crippen molar-refractivity contribution in [2.75, 3.05) is 0 Å². The second-order valence-electron chi connectivity index (χ2n) is 8.58. The third kappa shape index (κ3) is 5.97. The summed E-state index contributed by atoms with van der Waals surface area (Å²) in [6.07, 6.45) is 4.11. The maximum atomic E-state index is 12.1. The highest BCUT2D eigenvalue weighted by atomic mass is 16.6. The van der Waals surface area contributed by atoms with Gasteiger partial charge < -0.3 is 18.9 Å². The topological polar surface area (TPSA) is 105 Å². The van der Waals surface area contributed by atoms with E-state index in [1.54, 1.807) is 48.5 Å². The summed E-state index contributed by atoms with van der Waals surface area (Å²) < 4.78 is 21.4. The van der Waals surface area contributed by atoms with Crippen LogP contribution in [0.2, 0.25) is 0 Å². The zero-order valence-corrected chi connectivity index (χ0v) is 22.1. The Kier molecular flexibility index (Phi) is 8.24. The lowest BCUT2D eigenvalue weighted by Crippen LogP contribution is -2.08. The number of carbonyl (C=O) groups excluding carboxylic acids is 4. The predicted octanol–water partition coefficient (Wildman–Crippen LogP) is 6.33. The van der Waals surface area contributed by atoms with Crippen LogP contribution >= 0.6 is 0 Å². The Bertz CT molecular complexity index is 1710. The molecule has 4 aromatic carbocycles. The van der Waals surface area contributed by atoms with E-state index < -0.39 is 23.9 Å². The van der Waals surface area contributed by atoms with Crippen LogP contribution in [0.25, 0.3) is 32.7 Å². The van der Waals surface area contributed by atoms with E-state index in [-0.39, 0.29) is 11.5 Å². The van der Waals surface area contributed by atoms with E-state index in [1.807, 2.05) is 6.92 Å². The maximum Gasteiger partial charge on any atom is 0.335 e. The first-order chi connectivity index (χ1) is 19.7. The molecule has 0 aliphatic heterocycles. The molecule has 0 saturated heterocycles. The van der Waals surface area contributed by atoms with Crippen LogP contribution in [0.4, 0.5) is 0 Å². The molecule has 0 aliphatic rings. The zero-order valence-electron chi connectivity index (χ0n) is 22.1. The number of hydrogen-bond donors (Lipinski definition) is 0. The van der Waals surface area contributed by atoms with Crippen LogP contribution in [0.5, 0.6) is 23.0 Å². The summed E-state index contributed by atoms with van der Waals surface area (Å²) in [5, 5.41) is 3.03. The fourth-order valence-corrected chi connectivity index (χ4v) is 4.27. The van der Waals surface area contributed by atoms with Gasteiger partial charge in [-0.1, -0.05) is 44.5 Å². The fraction of sp³-hybridized carbons (Fsp3) is 0.0303. The molecule has 0 aliphatic carbocycles. The van der Waals surface area contributed by atoms with Gasteiger partial charge in [0.25, 0.3) is 0 Å². The normalized spacial score (nSPS) is 10.4. The summed E-state index contributed by atoms with van der Waals surface area (Å²) in [6.45, 7) is 15.6. The molecule has 8 heteroatoms. The van der Waals surface area contributed by atoms with Gasteiger partial charge in [-0.05, 0) is 81.6 Å². The number of carbonyl (C=O) groups is 4. The number of rotatable bonds is 9. The summed E-state index contributed by atoms with van der Waals surface area (Å²) >= 11 is 0. The second kappa shape index (κ2) is 12.0. The van der Waals surface area contributed by atoms with Crippen LogP contribution in [0, 0.1) is 6.92 Å². The smallest absolute Gasteiger partial charge is 0.335 e. The van der Waals surface area contributed by atoms with Crippen molar-refractivity contribution >= 4 is 45.4 Å². The van der Waals surface area contributed by atoms with Crippen LogP contribution in [0.3, 0.4) is 0 Å². The lowest BCUT2D eigenvalue weighted by atomic mass is 9.88. The number of esters is 4. The molecule has 0 bridgehead atoms. The van der Waals surface area contributed by atoms with Crippen molar-refractivity contribution < 1.29 is 38.1 Å². The molecule has 0 fully saturated rings. The predicted molar refractivity (Wildman–Crippen MR) is 155 cm³/mol. The molecular weight excluding hydrogens is 524 g/mol. The average Bonchev–Trinajstić information content (AvgIpc) is 2.98. The van der Waals surface area contributed by atoms with Crippen molar-refractivity contribution in [2.45, 2.75) is 6.92 Å². The molecule has 0 heterocycles. The van der Waals surface area contributed by atoms with Crippen LogP contribution in [0.1, 0.15) is 5.56 Å². The minimum absolute atomic E-state index is 0.00632. The van der Waals surface area contributed by atoms with Crippen molar-refractivity contribution in [1.29, 1.82) is 0 Å². The largest absolute Gasteiger partial charge is 0.423 e. The van der Waals surface area contributed by atoms with Crippen LogP contribution in [-0.2, 0) is 19.2 Å². The Balaban J connectivity index is 2.03. The molecule has 0 radical (unpaired) electrons. The number of benzene rings is 4. The quantitative estimate of drug-likeness (QED) is 0.103. The van der Waals surface area contributed by atoms with Crippen molar-refractivity contribution in [2.24, 2.45) is 0 Å². The molecule has 204 valence electrons. The molecule has 4 aromatic rings. The van der Waals surface area contributed by atoms with Crippen LogP contribution < -0.4 is 18.9 Å². The highest BCUT2D eigenvalue weighted by Crippen LogP contribution is 2.43. The minimum atomic E-state index is -0.751. The number of fused-ring (bicyclic) bond motifs is 2. The van der Waals surface area contributed by atoms with E-state index in [2.05, 4.69) is 26.3 Å². The average molecular weight is 549 g/mol. The molecule has 0 spiro atoms. The zero-order chi connectivity index (χ0) is 29.7. The van der Waals surface area contributed by atoms with Crippen molar-refractivity contribution in [1.82, 2.24) is 0 Å². The lowest BCUT2D eigenvalue weighted by molar-refractivity contribution is -0.131.